The molecule has 0 unspecified atom stereocenters. The van der Waals surface area contributed by atoms with Gasteiger partial charge in [0, 0.05) is 45.7 Å². The van der Waals surface area contributed by atoms with Gasteiger partial charge in [-0.15, -0.1) is 0 Å². The van der Waals surface area contributed by atoms with Crippen molar-refractivity contribution in [2.24, 2.45) is 0 Å². The molecule has 0 radical (unpaired) electrons. The highest BCUT2D eigenvalue weighted by Gasteiger charge is 2.26. The summed E-state index contributed by atoms with van der Waals surface area (Å²) >= 11 is 0. The first kappa shape index (κ1) is 38.2. The summed E-state index contributed by atoms with van der Waals surface area (Å²) in [5.41, 5.74) is 23.7. The minimum atomic E-state index is 1.13. The number of rotatable bonds is 7. The van der Waals surface area contributed by atoms with E-state index < -0.39 is 0 Å². The van der Waals surface area contributed by atoms with Crippen LogP contribution in [0.2, 0.25) is 0 Å². The first-order valence-electron chi connectivity index (χ1n) is 23.3. The fraction of sp³-hybridized carbons (Fsp3) is 0. The Balaban J connectivity index is 1.04. The van der Waals surface area contributed by atoms with Crippen molar-refractivity contribution in [1.29, 1.82) is 0 Å². The highest BCUT2D eigenvalue weighted by molar-refractivity contribution is 6.20. The third kappa shape index (κ3) is 5.81. The topological polar surface area (TPSA) is 18.7 Å². The first-order chi connectivity index (χ1) is 33.8. The molecule has 4 heteroatoms. The van der Waals surface area contributed by atoms with E-state index in [2.05, 4.69) is 273 Å². The Morgan fingerprint density at radius 3 is 0.985 bits per heavy atom. The predicted molar refractivity (Wildman–Crippen MR) is 284 cm³/mol. The van der Waals surface area contributed by atoms with Crippen molar-refractivity contribution in [2.75, 3.05) is 0 Å². The van der Waals surface area contributed by atoms with Crippen LogP contribution >= 0.6 is 0 Å². The SMILES string of the molecule is c1ccc(-c2cccc(-n3c4ccc(-c5ccc6c(c5)c5c(c(-c7ccccc7)c7ccccn75)n6-c5cccc(-c6ccccc6)c5)cc4c4c3c(-c3ccccc3)c3ccccn34)c2)cc1. The second-order valence-electron chi connectivity index (χ2n) is 17.8. The van der Waals surface area contributed by atoms with Gasteiger partial charge in [0.15, 0.2) is 0 Å². The summed E-state index contributed by atoms with van der Waals surface area (Å²) in [5.74, 6) is 0. The van der Waals surface area contributed by atoms with E-state index in [1.54, 1.807) is 0 Å². The van der Waals surface area contributed by atoms with Crippen molar-refractivity contribution in [3.05, 3.63) is 255 Å². The van der Waals surface area contributed by atoms with Crippen molar-refractivity contribution in [1.82, 2.24) is 17.9 Å². The van der Waals surface area contributed by atoms with E-state index in [-0.39, 0.29) is 0 Å². The molecule has 0 saturated heterocycles. The summed E-state index contributed by atoms with van der Waals surface area (Å²) in [6, 6.07) is 88.4. The largest absolute Gasteiger partial charge is 0.314 e. The fourth-order valence-corrected chi connectivity index (χ4v) is 11.0. The molecule has 0 atom stereocenters. The number of hydrogen-bond donors (Lipinski definition) is 0. The van der Waals surface area contributed by atoms with Gasteiger partial charge >= 0.3 is 0 Å². The fourth-order valence-electron chi connectivity index (χ4n) is 11.0. The molecule has 0 bridgehead atoms. The smallest absolute Gasteiger partial charge is 0.0809 e. The maximum absolute atomic E-state index is 2.49. The zero-order valence-electron chi connectivity index (χ0n) is 37.0. The van der Waals surface area contributed by atoms with Gasteiger partial charge in [0.05, 0.1) is 44.1 Å². The van der Waals surface area contributed by atoms with Crippen molar-refractivity contribution >= 4 is 54.9 Å². The quantitative estimate of drug-likeness (QED) is 0.152. The molecular weight excluding hydrogens is 825 g/mol. The highest BCUT2D eigenvalue weighted by Crippen LogP contribution is 2.46. The summed E-state index contributed by atoms with van der Waals surface area (Å²) in [7, 11) is 0. The van der Waals surface area contributed by atoms with Gasteiger partial charge in [0.2, 0.25) is 0 Å². The van der Waals surface area contributed by atoms with E-state index in [9.17, 15) is 0 Å². The van der Waals surface area contributed by atoms with Crippen LogP contribution in [0.1, 0.15) is 0 Å². The molecule has 14 aromatic rings. The molecule has 318 valence electrons. The van der Waals surface area contributed by atoms with E-state index >= 15 is 0 Å². The zero-order valence-corrected chi connectivity index (χ0v) is 37.0. The molecule has 0 aliphatic carbocycles. The normalized spacial score (nSPS) is 11.8. The van der Waals surface area contributed by atoms with E-state index in [0.29, 0.717) is 0 Å². The van der Waals surface area contributed by atoms with Gasteiger partial charge in [-0.3, -0.25) is 0 Å². The summed E-state index contributed by atoms with van der Waals surface area (Å²) in [6.45, 7) is 0. The minimum absolute atomic E-state index is 1.13. The first-order valence-corrected chi connectivity index (χ1v) is 23.3. The number of benzene rings is 8. The van der Waals surface area contributed by atoms with Crippen LogP contribution < -0.4 is 0 Å². The van der Waals surface area contributed by atoms with Crippen LogP contribution in [0.5, 0.6) is 0 Å². The lowest BCUT2D eigenvalue weighted by molar-refractivity contribution is 1.18. The summed E-state index contributed by atoms with van der Waals surface area (Å²) in [4.78, 5) is 0. The highest BCUT2D eigenvalue weighted by atomic mass is 15.0. The molecule has 4 nitrogen and oxygen atoms in total. The Kier molecular flexibility index (Phi) is 8.55. The van der Waals surface area contributed by atoms with Crippen LogP contribution in [0.15, 0.2) is 255 Å². The van der Waals surface area contributed by atoms with Crippen molar-refractivity contribution in [2.45, 2.75) is 0 Å². The van der Waals surface area contributed by atoms with E-state index in [1.807, 2.05) is 0 Å². The lowest BCUT2D eigenvalue weighted by atomic mass is 10.0. The molecule has 0 fully saturated rings. The van der Waals surface area contributed by atoms with Gasteiger partial charge < -0.3 is 17.9 Å². The molecule has 0 N–H and O–H groups in total. The molecule has 0 saturated carbocycles. The van der Waals surface area contributed by atoms with E-state index in [4.69, 9.17) is 0 Å². The molecular formula is C64H42N4. The Hall–Kier alpha value is -9.12. The number of aromatic nitrogens is 4. The molecule has 6 aromatic heterocycles. The van der Waals surface area contributed by atoms with Crippen LogP contribution in [-0.4, -0.2) is 17.9 Å². The van der Waals surface area contributed by atoms with Gasteiger partial charge in [-0.25, -0.2) is 0 Å². The summed E-state index contributed by atoms with van der Waals surface area (Å²) in [5, 5.41) is 2.40. The third-order valence-corrected chi connectivity index (χ3v) is 13.9. The Labute approximate surface area is 393 Å². The zero-order chi connectivity index (χ0) is 44.7. The number of hydrogen-bond acceptors (Lipinski definition) is 0. The molecule has 68 heavy (non-hydrogen) atoms. The van der Waals surface area contributed by atoms with Gasteiger partial charge in [-0.05, 0) is 117 Å². The second-order valence-corrected chi connectivity index (χ2v) is 17.8. The monoisotopic (exact) mass is 866 g/mol. The maximum atomic E-state index is 2.49. The summed E-state index contributed by atoms with van der Waals surface area (Å²) in [6.07, 6.45) is 4.45. The standard InChI is InChI=1S/C64H42N4/c1-5-19-43(20-6-1)47-27-17-29-51(39-47)67-55-35-33-49(41-53(55)61-63(67)59(45-23-9-3-10-24-45)57-31-13-15-37-65(57)61)50-34-36-56-54(42-50)62-64(60(46-25-11-4-12-26-46)58-32-14-16-38-66(58)62)68(56)52-30-18-28-48(40-52)44-21-7-2-8-22-44/h1-42H. The van der Waals surface area contributed by atoms with E-state index in [1.165, 1.54) is 99.5 Å². The van der Waals surface area contributed by atoms with Crippen LogP contribution in [0, 0.1) is 0 Å². The lowest BCUT2D eigenvalue weighted by Gasteiger charge is -2.13. The molecule has 14 rings (SSSR count). The molecule has 0 aliphatic rings. The molecule has 6 heterocycles. The number of fused-ring (bicyclic) bond motifs is 10. The van der Waals surface area contributed by atoms with Crippen LogP contribution in [0.4, 0.5) is 0 Å². The summed E-state index contributed by atoms with van der Waals surface area (Å²) < 4.78 is 9.78. The van der Waals surface area contributed by atoms with Gasteiger partial charge in [-0.2, -0.15) is 0 Å². The molecule has 8 aromatic carbocycles. The Morgan fingerprint density at radius 1 is 0.221 bits per heavy atom. The predicted octanol–water partition coefficient (Wildman–Crippen LogP) is 16.7. The van der Waals surface area contributed by atoms with Gasteiger partial charge in [0.1, 0.15) is 0 Å². The van der Waals surface area contributed by atoms with E-state index in [0.717, 1.165) is 22.4 Å². The van der Waals surface area contributed by atoms with Crippen LogP contribution in [-0.2, 0) is 0 Å². The molecule has 0 spiro atoms. The van der Waals surface area contributed by atoms with Crippen molar-refractivity contribution in [3.63, 3.8) is 0 Å². The lowest BCUT2D eigenvalue weighted by Crippen LogP contribution is -1.96. The Bertz CT molecular complexity index is 3950. The minimum Gasteiger partial charge on any atom is -0.314 e. The van der Waals surface area contributed by atoms with Crippen LogP contribution in [0.25, 0.3) is 122 Å². The number of nitrogens with zero attached hydrogens (tertiary/aromatic N) is 4. The van der Waals surface area contributed by atoms with Crippen molar-refractivity contribution in [3.8, 4) is 67.0 Å². The van der Waals surface area contributed by atoms with Gasteiger partial charge in [0.25, 0.3) is 0 Å². The third-order valence-electron chi connectivity index (χ3n) is 13.9. The van der Waals surface area contributed by atoms with Crippen molar-refractivity contribution < 1.29 is 0 Å². The number of pyridine rings is 2. The molecule has 0 amide bonds. The van der Waals surface area contributed by atoms with Crippen LogP contribution in [0.3, 0.4) is 0 Å². The van der Waals surface area contributed by atoms with Gasteiger partial charge in [-0.1, -0.05) is 170 Å². The average Bonchev–Trinajstić information content (AvgIpc) is 4.14. The maximum Gasteiger partial charge on any atom is 0.0809 e. The second kappa shape index (κ2) is 15.2. The molecule has 0 aliphatic heterocycles. The average molecular weight is 867 g/mol. The Morgan fingerprint density at radius 2 is 0.574 bits per heavy atom.